The predicted molar refractivity (Wildman–Crippen MR) is 159 cm³/mol. The number of imide groups is 1. The molecule has 3 aromatic rings. The van der Waals surface area contributed by atoms with Crippen LogP contribution in [0.1, 0.15) is 70.6 Å². The lowest BCUT2D eigenvalue weighted by Gasteiger charge is -2.45. The number of carbonyl (C=O) groups excluding carboxylic acids is 5. The number of likely N-dealkylation sites (tertiary alicyclic amines) is 1. The van der Waals surface area contributed by atoms with Crippen molar-refractivity contribution in [3.63, 3.8) is 0 Å². The minimum atomic E-state index is -1.15. The van der Waals surface area contributed by atoms with Crippen molar-refractivity contribution in [3.05, 3.63) is 105 Å². The van der Waals surface area contributed by atoms with Gasteiger partial charge in [-0.3, -0.25) is 34.9 Å². The fourth-order valence-corrected chi connectivity index (χ4v) is 7.09. The Morgan fingerprint density at radius 1 is 0.814 bits per heavy atom. The molecule has 1 aliphatic heterocycles. The van der Waals surface area contributed by atoms with Gasteiger partial charge in [-0.25, -0.2) is 4.79 Å². The van der Waals surface area contributed by atoms with Gasteiger partial charge in [-0.1, -0.05) is 84.2 Å². The highest BCUT2D eigenvalue weighted by Gasteiger charge is 2.63. The van der Waals surface area contributed by atoms with Crippen molar-refractivity contribution >= 4 is 45.5 Å². The largest absolute Gasteiger partial charge is 0.454 e. The van der Waals surface area contributed by atoms with E-state index in [1.54, 1.807) is 24.3 Å². The molecule has 220 valence electrons. The second kappa shape index (κ2) is 11.8. The maximum Gasteiger partial charge on any atom is 0.329 e. The van der Waals surface area contributed by atoms with Crippen LogP contribution in [-0.2, 0) is 23.9 Å². The van der Waals surface area contributed by atoms with Gasteiger partial charge in [-0.05, 0) is 52.9 Å². The molecule has 3 atom stereocenters. The Labute approximate surface area is 257 Å². The highest BCUT2D eigenvalue weighted by atomic mass is 79.9. The molecule has 3 aliphatic carbocycles. The third-order valence-electron chi connectivity index (χ3n) is 8.66. The molecule has 0 spiro atoms. The minimum Gasteiger partial charge on any atom is -0.454 e. The SMILES string of the molecule is CCCC[C@H](C(=O)OCC(=O)NNC(=O)c1ccc(Br)cc1)N1C(=O)[C@@H]2C3c4ccccc4C(c4ccccc43)[C@@H]2C1=O. The number of nitrogens with one attached hydrogen (secondary N) is 2. The minimum absolute atomic E-state index is 0.226. The molecule has 7 rings (SSSR count). The summed E-state index contributed by atoms with van der Waals surface area (Å²) in [6, 6.07) is 21.3. The van der Waals surface area contributed by atoms with E-state index in [1.165, 1.54) is 0 Å². The second-order valence-electron chi connectivity index (χ2n) is 11.1. The van der Waals surface area contributed by atoms with Crippen LogP contribution in [-0.4, -0.2) is 47.1 Å². The molecule has 2 N–H and O–H groups in total. The average molecular weight is 645 g/mol. The van der Waals surface area contributed by atoms with E-state index >= 15 is 0 Å². The third-order valence-corrected chi connectivity index (χ3v) is 9.19. The zero-order valence-electron chi connectivity index (χ0n) is 23.4. The number of hydrazine groups is 1. The molecule has 1 saturated heterocycles. The zero-order chi connectivity index (χ0) is 30.2. The Hall–Kier alpha value is -4.31. The summed E-state index contributed by atoms with van der Waals surface area (Å²) >= 11 is 3.29. The summed E-state index contributed by atoms with van der Waals surface area (Å²) in [5, 5.41) is 0. The molecule has 10 heteroatoms. The van der Waals surface area contributed by atoms with Crippen molar-refractivity contribution in [2.75, 3.05) is 6.61 Å². The number of esters is 1. The average Bonchev–Trinajstić information content (AvgIpc) is 3.29. The molecule has 43 heavy (non-hydrogen) atoms. The predicted octanol–water partition coefficient (Wildman–Crippen LogP) is 4.20. The van der Waals surface area contributed by atoms with Gasteiger partial charge < -0.3 is 4.74 Å². The number of carbonyl (C=O) groups is 5. The number of rotatable bonds is 8. The summed E-state index contributed by atoms with van der Waals surface area (Å²) in [6.07, 6.45) is 1.54. The Morgan fingerprint density at radius 2 is 1.33 bits per heavy atom. The number of benzene rings is 3. The van der Waals surface area contributed by atoms with Gasteiger partial charge in [-0.2, -0.15) is 0 Å². The van der Waals surface area contributed by atoms with Gasteiger partial charge in [0, 0.05) is 21.9 Å². The maximum atomic E-state index is 14.1. The molecule has 2 bridgehead atoms. The molecule has 0 aromatic heterocycles. The van der Waals surface area contributed by atoms with E-state index in [-0.39, 0.29) is 30.1 Å². The van der Waals surface area contributed by atoms with Crippen molar-refractivity contribution in [1.29, 1.82) is 0 Å². The fraction of sp³-hybridized carbons (Fsp3) is 0.303. The van der Waals surface area contributed by atoms with Crippen molar-refractivity contribution < 1.29 is 28.7 Å². The van der Waals surface area contributed by atoms with Crippen LogP contribution in [0.2, 0.25) is 0 Å². The molecular formula is C33H30BrN3O6. The Bertz CT molecular complexity index is 1510. The third kappa shape index (κ3) is 5.03. The number of halogens is 1. The van der Waals surface area contributed by atoms with Gasteiger partial charge in [0.2, 0.25) is 11.8 Å². The van der Waals surface area contributed by atoms with E-state index in [9.17, 15) is 24.0 Å². The van der Waals surface area contributed by atoms with E-state index in [1.807, 2.05) is 55.5 Å². The standard InChI is InChI=1S/C33H30BrN3O6/c1-2-3-12-24(33(42)43-17-25(38)35-36-30(39)18-13-15-19(34)16-14-18)37-31(40)28-26-20-8-4-5-9-21(20)27(29(28)32(37)41)23-11-7-6-10-22(23)26/h4-11,13-16,24,26-29H,2-3,12,17H2,1H3,(H,35,38)(H,36,39)/t24-,26?,27?,28-,29+/m1/s1. The van der Waals surface area contributed by atoms with Crippen molar-refractivity contribution in [1.82, 2.24) is 15.8 Å². The first-order valence-corrected chi connectivity index (χ1v) is 15.2. The summed E-state index contributed by atoms with van der Waals surface area (Å²) in [7, 11) is 0. The summed E-state index contributed by atoms with van der Waals surface area (Å²) < 4.78 is 6.12. The second-order valence-corrected chi connectivity index (χ2v) is 12.0. The lowest BCUT2D eigenvalue weighted by molar-refractivity contribution is -0.161. The van der Waals surface area contributed by atoms with Crippen LogP contribution in [0.4, 0.5) is 0 Å². The maximum absolute atomic E-state index is 14.1. The van der Waals surface area contributed by atoms with Crippen LogP contribution in [0, 0.1) is 11.8 Å². The van der Waals surface area contributed by atoms with Crippen molar-refractivity contribution in [2.24, 2.45) is 11.8 Å². The van der Waals surface area contributed by atoms with Crippen LogP contribution < -0.4 is 10.9 Å². The highest BCUT2D eigenvalue weighted by Crippen LogP contribution is 2.61. The van der Waals surface area contributed by atoms with E-state index in [0.717, 1.165) is 38.0 Å². The molecule has 0 radical (unpaired) electrons. The van der Waals surface area contributed by atoms with E-state index in [2.05, 4.69) is 26.8 Å². The smallest absolute Gasteiger partial charge is 0.329 e. The molecule has 1 fully saturated rings. The van der Waals surface area contributed by atoms with Gasteiger partial charge >= 0.3 is 5.97 Å². The Balaban J connectivity index is 1.19. The topological polar surface area (TPSA) is 122 Å². The Morgan fingerprint density at radius 3 is 1.81 bits per heavy atom. The van der Waals surface area contributed by atoms with E-state index < -0.39 is 42.3 Å². The molecule has 4 amide bonds. The van der Waals surface area contributed by atoms with E-state index in [4.69, 9.17) is 4.74 Å². The molecule has 1 heterocycles. The first-order valence-electron chi connectivity index (χ1n) is 14.4. The van der Waals surface area contributed by atoms with Gasteiger partial charge in [0.1, 0.15) is 6.04 Å². The quantitative estimate of drug-likeness (QED) is 0.216. The number of hydrogen-bond acceptors (Lipinski definition) is 6. The zero-order valence-corrected chi connectivity index (χ0v) is 25.0. The van der Waals surface area contributed by atoms with Gasteiger partial charge in [0.15, 0.2) is 6.61 Å². The van der Waals surface area contributed by atoms with Crippen LogP contribution in [0.25, 0.3) is 0 Å². The van der Waals surface area contributed by atoms with Gasteiger partial charge in [0.05, 0.1) is 11.8 Å². The summed E-state index contributed by atoms with van der Waals surface area (Å²) in [6.45, 7) is 1.26. The normalized spacial score (nSPS) is 21.9. The molecule has 9 nitrogen and oxygen atoms in total. The number of unbranched alkanes of at least 4 members (excludes halogenated alkanes) is 1. The first-order chi connectivity index (χ1) is 20.8. The Kier molecular flexibility index (Phi) is 7.87. The van der Waals surface area contributed by atoms with Crippen molar-refractivity contribution in [2.45, 2.75) is 44.1 Å². The number of ether oxygens (including phenoxy) is 1. The van der Waals surface area contributed by atoms with Crippen LogP contribution in [0.3, 0.4) is 0 Å². The van der Waals surface area contributed by atoms with Crippen LogP contribution >= 0.6 is 15.9 Å². The number of nitrogens with zero attached hydrogens (tertiary/aromatic N) is 1. The van der Waals surface area contributed by atoms with E-state index in [0.29, 0.717) is 12.0 Å². The number of hydrogen-bond donors (Lipinski definition) is 2. The summed E-state index contributed by atoms with van der Waals surface area (Å²) in [5.41, 5.74) is 9.01. The van der Waals surface area contributed by atoms with Gasteiger partial charge in [0.25, 0.3) is 11.8 Å². The van der Waals surface area contributed by atoms with Crippen molar-refractivity contribution in [3.8, 4) is 0 Å². The lowest BCUT2D eigenvalue weighted by atomic mass is 9.55. The summed E-state index contributed by atoms with van der Waals surface area (Å²) in [5.74, 6) is -4.68. The molecule has 3 aromatic carbocycles. The molecule has 0 unspecified atom stereocenters. The fourth-order valence-electron chi connectivity index (χ4n) is 6.83. The number of amides is 4. The lowest BCUT2D eigenvalue weighted by Crippen LogP contribution is -2.48. The molecule has 0 saturated carbocycles. The highest BCUT2D eigenvalue weighted by molar-refractivity contribution is 9.10. The van der Waals surface area contributed by atoms with Crippen LogP contribution in [0.5, 0.6) is 0 Å². The van der Waals surface area contributed by atoms with Gasteiger partial charge in [-0.15, -0.1) is 0 Å². The molecular weight excluding hydrogens is 614 g/mol. The molecule has 4 aliphatic rings. The van der Waals surface area contributed by atoms with Crippen LogP contribution in [0.15, 0.2) is 77.3 Å². The first kappa shape index (κ1) is 28.8. The monoisotopic (exact) mass is 643 g/mol. The summed E-state index contributed by atoms with van der Waals surface area (Å²) in [4.78, 5) is 67.4.